The maximum Gasteiger partial charge on any atom is 0.159 e. The van der Waals surface area contributed by atoms with Gasteiger partial charge in [-0.3, -0.25) is 14.6 Å². The lowest BCUT2D eigenvalue weighted by Crippen LogP contribution is -2.45. The zero-order valence-corrected chi connectivity index (χ0v) is 17.8. The Hall–Kier alpha value is -2.21. The fourth-order valence-electron chi connectivity index (χ4n) is 3.80. The smallest absolute Gasteiger partial charge is 0.159 e. The van der Waals surface area contributed by atoms with Crippen LogP contribution >= 0.6 is 0 Å². The monoisotopic (exact) mass is 396 g/mol. The Morgan fingerprint density at radius 2 is 1.86 bits per heavy atom. The molecular formula is C24H32N2O3. The van der Waals surface area contributed by atoms with Gasteiger partial charge in [0.25, 0.3) is 0 Å². The fourth-order valence-corrected chi connectivity index (χ4v) is 3.80. The number of Topliss-reactive ketones (excluding diaryl/α,β-unsaturated/α-hetero) is 1. The first kappa shape index (κ1) is 21.5. The quantitative estimate of drug-likeness (QED) is 0.606. The second-order valence-electron chi connectivity index (χ2n) is 7.74. The number of ketones is 1. The van der Waals surface area contributed by atoms with Gasteiger partial charge in [-0.2, -0.15) is 0 Å². The van der Waals surface area contributed by atoms with Gasteiger partial charge in [-0.15, -0.1) is 0 Å². The third-order valence-electron chi connectivity index (χ3n) is 5.54. The minimum Gasteiger partial charge on any atom is -0.496 e. The molecule has 0 N–H and O–H groups in total. The van der Waals surface area contributed by atoms with Crippen LogP contribution in [0, 0.1) is 0 Å². The molecule has 29 heavy (non-hydrogen) atoms. The van der Waals surface area contributed by atoms with Crippen LogP contribution in [0.5, 0.6) is 5.75 Å². The molecule has 1 aliphatic rings. The van der Waals surface area contributed by atoms with Gasteiger partial charge in [-0.25, -0.2) is 0 Å². The largest absolute Gasteiger partial charge is 0.496 e. The van der Waals surface area contributed by atoms with Gasteiger partial charge in [0.1, 0.15) is 5.75 Å². The Morgan fingerprint density at radius 3 is 2.52 bits per heavy atom. The molecule has 0 radical (unpaired) electrons. The molecule has 2 aromatic carbocycles. The van der Waals surface area contributed by atoms with E-state index in [1.165, 1.54) is 5.56 Å². The second-order valence-corrected chi connectivity index (χ2v) is 7.74. The molecule has 0 aliphatic carbocycles. The van der Waals surface area contributed by atoms with Crippen molar-refractivity contribution in [2.45, 2.75) is 33.0 Å². The van der Waals surface area contributed by atoms with E-state index in [2.05, 4.69) is 41.0 Å². The van der Waals surface area contributed by atoms with Crippen molar-refractivity contribution in [3.8, 4) is 5.75 Å². The van der Waals surface area contributed by atoms with Crippen molar-refractivity contribution in [2.75, 3.05) is 40.0 Å². The molecule has 1 aliphatic heterocycles. The van der Waals surface area contributed by atoms with Crippen LogP contribution in [0.2, 0.25) is 0 Å². The summed E-state index contributed by atoms with van der Waals surface area (Å²) in [5.41, 5.74) is 3.05. The molecule has 1 fully saturated rings. The third-order valence-corrected chi connectivity index (χ3v) is 5.54. The Kier molecular flexibility index (Phi) is 7.81. The van der Waals surface area contributed by atoms with Crippen molar-refractivity contribution in [1.82, 2.24) is 9.80 Å². The number of nitrogens with zero attached hydrogens (tertiary/aromatic N) is 2. The molecule has 1 heterocycles. The van der Waals surface area contributed by atoms with Crippen molar-refractivity contribution in [3.05, 3.63) is 65.2 Å². The predicted octanol–water partition coefficient (Wildman–Crippen LogP) is 3.62. The number of rotatable bonds is 9. The fraction of sp³-hybridized carbons (Fsp3) is 0.458. The van der Waals surface area contributed by atoms with E-state index in [0.29, 0.717) is 6.04 Å². The Labute approximate surface area is 174 Å². The van der Waals surface area contributed by atoms with Crippen molar-refractivity contribution in [1.29, 1.82) is 0 Å². The average Bonchev–Trinajstić information content (AvgIpc) is 2.74. The van der Waals surface area contributed by atoms with Crippen LogP contribution in [0.3, 0.4) is 0 Å². The molecule has 156 valence electrons. The molecule has 2 aromatic rings. The van der Waals surface area contributed by atoms with E-state index in [4.69, 9.17) is 9.47 Å². The molecule has 5 heteroatoms. The van der Waals surface area contributed by atoms with Crippen molar-refractivity contribution in [2.24, 2.45) is 0 Å². The normalized spacial score (nSPS) is 16.0. The van der Waals surface area contributed by atoms with Gasteiger partial charge < -0.3 is 9.47 Å². The van der Waals surface area contributed by atoms with Crippen molar-refractivity contribution < 1.29 is 14.3 Å². The summed E-state index contributed by atoms with van der Waals surface area (Å²) in [6.45, 7) is 10.0. The molecular weight excluding hydrogens is 364 g/mol. The summed E-state index contributed by atoms with van der Waals surface area (Å²) < 4.78 is 11.1. The van der Waals surface area contributed by atoms with Gasteiger partial charge in [0.05, 0.1) is 20.3 Å². The highest BCUT2D eigenvalue weighted by atomic mass is 16.5. The van der Waals surface area contributed by atoms with Crippen LogP contribution < -0.4 is 4.74 Å². The summed E-state index contributed by atoms with van der Waals surface area (Å²) in [4.78, 5) is 16.8. The van der Waals surface area contributed by atoms with Gasteiger partial charge in [0.2, 0.25) is 0 Å². The summed E-state index contributed by atoms with van der Waals surface area (Å²) in [7, 11) is 1.69. The van der Waals surface area contributed by atoms with Crippen LogP contribution in [0.15, 0.2) is 48.5 Å². The highest BCUT2D eigenvalue weighted by molar-refractivity contribution is 5.94. The number of morpholine rings is 1. The lowest BCUT2D eigenvalue weighted by molar-refractivity contribution is 0.0225. The number of benzene rings is 2. The molecule has 1 unspecified atom stereocenters. The average molecular weight is 397 g/mol. The van der Waals surface area contributed by atoms with Crippen LogP contribution in [-0.2, 0) is 17.8 Å². The summed E-state index contributed by atoms with van der Waals surface area (Å²) >= 11 is 0. The van der Waals surface area contributed by atoms with Crippen LogP contribution in [-0.4, -0.2) is 61.6 Å². The lowest BCUT2D eigenvalue weighted by atomic mass is 10.0. The molecule has 3 rings (SSSR count). The maximum absolute atomic E-state index is 11.9. The van der Waals surface area contributed by atoms with E-state index in [9.17, 15) is 4.79 Å². The lowest BCUT2D eigenvalue weighted by Gasteiger charge is -2.35. The molecule has 1 atom stereocenters. The first-order chi connectivity index (χ1) is 14.1. The number of hydrogen-bond donors (Lipinski definition) is 0. The highest BCUT2D eigenvalue weighted by Crippen LogP contribution is 2.24. The molecule has 0 amide bonds. The summed E-state index contributed by atoms with van der Waals surface area (Å²) in [6.07, 6.45) is 0. The van der Waals surface area contributed by atoms with E-state index >= 15 is 0 Å². The van der Waals surface area contributed by atoms with E-state index < -0.39 is 0 Å². The first-order valence-corrected chi connectivity index (χ1v) is 10.3. The van der Waals surface area contributed by atoms with Crippen molar-refractivity contribution in [3.63, 3.8) is 0 Å². The van der Waals surface area contributed by atoms with Crippen LogP contribution in [0.4, 0.5) is 0 Å². The number of ether oxygens (including phenoxy) is 2. The molecule has 0 aromatic heterocycles. The Balaban J connectivity index is 1.82. The van der Waals surface area contributed by atoms with Gasteiger partial charge >= 0.3 is 0 Å². The van der Waals surface area contributed by atoms with E-state index in [0.717, 1.165) is 62.8 Å². The number of methoxy groups -OCH3 is 1. The Morgan fingerprint density at radius 1 is 1.14 bits per heavy atom. The standard InChI is InChI=1S/C24H32N2O3/c1-19(16-25-11-13-29-14-12-25)26(17-21-7-5-4-6-8-21)18-23-15-22(20(2)27)9-10-24(23)28-3/h4-10,15,19H,11-14,16-18H2,1-3H3. The summed E-state index contributed by atoms with van der Waals surface area (Å²) in [5.74, 6) is 0.900. The summed E-state index contributed by atoms with van der Waals surface area (Å²) in [5, 5.41) is 0. The topological polar surface area (TPSA) is 42.0 Å². The number of hydrogen-bond acceptors (Lipinski definition) is 5. The Bertz CT molecular complexity index is 788. The number of carbonyl (C=O) groups is 1. The molecule has 1 saturated heterocycles. The second kappa shape index (κ2) is 10.5. The van der Waals surface area contributed by atoms with Gasteiger partial charge in [0.15, 0.2) is 5.78 Å². The van der Waals surface area contributed by atoms with Gasteiger partial charge in [0, 0.05) is 49.9 Å². The molecule has 0 saturated carbocycles. The van der Waals surface area contributed by atoms with E-state index in [-0.39, 0.29) is 5.78 Å². The molecule has 5 nitrogen and oxygen atoms in total. The van der Waals surface area contributed by atoms with E-state index in [1.54, 1.807) is 14.0 Å². The highest BCUT2D eigenvalue weighted by Gasteiger charge is 2.21. The van der Waals surface area contributed by atoms with Gasteiger partial charge in [-0.1, -0.05) is 30.3 Å². The van der Waals surface area contributed by atoms with Crippen LogP contribution in [0.1, 0.15) is 35.3 Å². The molecule has 0 bridgehead atoms. The number of carbonyl (C=O) groups excluding carboxylic acids is 1. The first-order valence-electron chi connectivity index (χ1n) is 10.3. The SMILES string of the molecule is COc1ccc(C(C)=O)cc1CN(Cc1ccccc1)C(C)CN1CCOCC1. The van der Waals surface area contributed by atoms with E-state index in [1.807, 2.05) is 24.3 Å². The minimum atomic E-state index is 0.0740. The zero-order chi connectivity index (χ0) is 20.6. The predicted molar refractivity (Wildman–Crippen MR) is 115 cm³/mol. The van der Waals surface area contributed by atoms with Gasteiger partial charge in [-0.05, 0) is 37.6 Å². The van der Waals surface area contributed by atoms with Crippen LogP contribution in [0.25, 0.3) is 0 Å². The third kappa shape index (κ3) is 6.13. The summed E-state index contributed by atoms with van der Waals surface area (Å²) in [6, 6.07) is 16.6. The minimum absolute atomic E-state index is 0.0740. The maximum atomic E-state index is 11.9. The molecule has 0 spiro atoms. The van der Waals surface area contributed by atoms with Crippen molar-refractivity contribution >= 4 is 5.78 Å². The zero-order valence-electron chi connectivity index (χ0n) is 17.8.